The van der Waals surface area contributed by atoms with Gasteiger partial charge in [-0.2, -0.15) is 0 Å². The zero-order valence-corrected chi connectivity index (χ0v) is 14.3. The van der Waals surface area contributed by atoms with E-state index in [1.54, 1.807) is 18.2 Å². The summed E-state index contributed by atoms with van der Waals surface area (Å²) in [6, 6.07) is 6.98. The fourth-order valence-corrected chi connectivity index (χ4v) is 4.35. The molecule has 0 saturated carbocycles. The molecule has 2 aliphatic rings. The molecule has 1 spiro atoms. The molecule has 4 rings (SSSR count). The SMILES string of the molecule is Cc1cc(=O)c2cccc(C(=O)N3CC[C@]4(CCN(C)C4)C3)c2[nH]1. The van der Waals surface area contributed by atoms with Crippen LogP contribution in [0, 0.1) is 12.3 Å². The first-order valence-electron chi connectivity index (χ1n) is 8.58. The zero-order valence-electron chi connectivity index (χ0n) is 14.3. The number of nitrogens with one attached hydrogen (secondary N) is 1. The van der Waals surface area contributed by atoms with Crippen LogP contribution in [0.5, 0.6) is 0 Å². The molecule has 0 unspecified atom stereocenters. The van der Waals surface area contributed by atoms with E-state index in [-0.39, 0.29) is 16.8 Å². The smallest absolute Gasteiger partial charge is 0.256 e. The van der Waals surface area contributed by atoms with Crippen LogP contribution in [0.3, 0.4) is 0 Å². The molecule has 0 aliphatic carbocycles. The number of aromatic nitrogens is 1. The lowest BCUT2D eigenvalue weighted by atomic mass is 9.86. The van der Waals surface area contributed by atoms with Crippen LogP contribution in [-0.4, -0.2) is 53.9 Å². The molecule has 1 aromatic heterocycles. The van der Waals surface area contributed by atoms with E-state index in [4.69, 9.17) is 0 Å². The van der Waals surface area contributed by atoms with Crippen molar-refractivity contribution in [1.29, 1.82) is 0 Å². The monoisotopic (exact) mass is 325 g/mol. The van der Waals surface area contributed by atoms with Crippen molar-refractivity contribution in [3.8, 4) is 0 Å². The van der Waals surface area contributed by atoms with Crippen molar-refractivity contribution in [3.63, 3.8) is 0 Å². The minimum absolute atomic E-state index is 0.0354. The summed E-state index contributed by atoms with van der Waals surface area (Å²) in [5.74, 6) is 0.0354. The number of nitrogens with zero attached hydrogens (tertiary/aromatic N) is 2. The van der Waals surface area contributed by atoms with Crippen LogP contribution in [-0.2, 0) is 0 Å². The first-order chi connectivity index (χ1) is 11.5. The van der Waals surface area contributed by atoms with E-state index >= 15 is 0 Å². The Morgan fingerprint density at radius 3 is 2.75 bits per heavy atom. The summed E-state index contributed by atoms with van der Waals surface area (Å²) >= 11 is 0. The molecule has 1 atom stereocenters. The van der Waals surface area contributed by atoms with Gasteiger partial charge in [0, 0.05) is 42.2 Å². The van der Waals surface area contributed by atoms with Crippen LogP contribution in [0.4, 0.5) is 0 Å². The summed E-state index contributed by atoms with van der Waals surface area (Å²) in [4.78, 5) is 32.8. The first kappa shape index (κ1) is 15.4. The highest BCUT2D eigenvalue weighted by Crippen LogP contribution is 2.39. The van der Waals surface area contributed by atoms with Gasteiger partial charge in [0.05, 0.1) is 11.1 Å². The summed E-state index contributed by atoms with van der Waals surface area (Å²) in [5.41, 5.74) is 2.28. The molecule has 5 nitrogen and oxygen atoms in total. The molecule has 1 aromatic carbocycles. The van der Waals surface area contributed by atoms with Gasteiger partial charge in [0.25, 0.3) is 5.91 Å². The standard InChI is InChI=1S/C19H23N3O2/c1-13-10-16(23)14-4-3-5-15(17(14)20-13)18(24)22-9-7-19(12-22)6-8-21(2)11-19/h3-5,10H,6-9,11-12H2,1-2H3,(H,20,23)/t19-/m0/s1. The predicted molar refractivity (Wildman–Crippen MR) is 94.4 cm³/mol. The Kier molecular flexibility index (Phi) is 3.49. The van der Waals surface area contributed by atoms with Crippen LogP contribution >= 0.6 is 0 Å². The maximum absolute atomic E-state index is 13.1. The first-order valence-corrected chi connectivity index (χ1v) is 8.58. The van der Waals surface area contributed by atoms with E-state index in [0.717, 1.165) is 38.3 Å². The second kappa shape index (κ2) is 5.45. The van der Waals surface area contributed by atoms with E-state index in [1.165, 1.54) is 6.42 Å². The van der Waals surface area contributed by atoms with Gasteiger partial charge in [0.2, 0.25) is 0 Å². The fourth-order valence-electron chi connectivity index (χ4n) is 4.35. The number of rotatable bonds is 1. The molecule has 24 heavy (non-hydrogen) atoms. The van der Waals surface area contributed by atoms with Gasteiger partial charge in [-0.1, -0.05) is 6.07 Å². The van der Waals surface area contributed by atoms with Gasteiger partial charge in [-0.25, -0.2) is 0 Å². The normalized spacial score (nSPS) is 24.3. The van der Waals surface area contributed by atoms with Crippen molar-refractivity contribution in [2.75, 3.05) is 33.2 Å². The van der Waals surface area contributed by atoms with Crippen LogP contribution in [0.25, 0.3) is 10.9 Å². The molecule has 1 N–H and O–H groups in total. The molecule has 2 fully saturated rings. The molecule has 0 bridgehead atoms. The van der Waals surface area contributed by atoms with E-state index in [2.05, 4.69) is 16.9 Å². The maximum atomic E-state index is 13.1. The third-order valence-electron chi connectivity index (χ3n) is 5.58. The maximum Gasteiger partial charge on any atom is 0.256 e. The highest BCUT2D eigenvalue weighted by molar-refractivity contribution is 6.05. The molecular weight excluding hydrogens is 302 g/mol. The third-order valence-corrected chi connectivity index (χ3v) is 5.58. The second-order valence-electron chi connectivity index (χ2n) is 7.51. The number of aryl methyl sites for hydroxylation is 1. The molecular formula is C19H23N3O2. The fraction of sp³-hybridized carbons (Fsp3) is 0.474. The minimum atomic E-state index is -0.0359. The molecule has 2 saturated heterocycles. The van der Waals surface area contributed by atoms with Gasteiger partial charge in [-0.05, 0) is 45.5 Å². The van der Waals surface area contributed by atoms with Gasteiger partial charge < -0.3 is 14.8 Å². The van der Waals surface area contributed by atoms with E-state index in [9.17, 15) is 9.59 Å². The van der Waals surface area contributed by atoms with Gasteiger partial charge in [0.1, 0.15) is 0 Å². The molecule has 2 aromatic rings. The van der Waals surface area contributed by atoms with Crippen molar-refractivity contribution in [2.24, 2.45) is 5.41 Å². The Bertz CT molecular complexity index is 873. The van der Waals surface area contributed by atoms with Gasteiger partial charge >= 0.3 is 0 Å². The second-order valence-corrected chi connectivity index (χ2v) is 7.51. The average Bonchev–Trinajstić information content (AvgIpc) is 3.12. The lowest BCUT2D eigenvalue weighted by Crippen LogP contribution is -2.33. The topological polar surface area (TPSA) is 56.4 Å². The number of hydrogen-bond acceptors (Lipinski definition) is 3. The molecule has 2 aliphatic heterocycles. The van der Waals surface area contributed by atoms with Crippen LogP contribution < -0.4 is 5.43 Å². The number of H-pyrrole nitrogens is 1. The summed E-state index contributed by atoms with van der Waals surface area (Å²) < 4.78 is 0. The van der Waals surface area contributed by atoms with Crippen molar-refractivity contribution in [2.45, 2.75) is 19.8 Å². The highest BCUT2D eigenvalue weighted by atomic mass is 16.2. The van der Waals surface area contributed by atoms with Crippen molar-refractivity contribution < 1.29 is 4.79 Å². The van der Waals surface area contributed by atoms with Crippen molar-refractivity contribution >= 4 is 16.8 Å². The number of aromatic amines is 1. The van der Waals surface area contributed by atoms with Crippen LogP contribution in [0.1, 0.15) is 28.9 Å². The third kappa shape index (κ3) is 2.44. The molecule has 1 amide bonds. The number of carbonyl (C=O) groups excluding carboxylic acids is 1. The largest absolute Gasteiger partial charge is 0.358 e. The van der Waals surface area contributed by atoms with E-state index < -0.39 is 0 Å². The summed E-state index contributed by atoms with van der Waals surface area (Å²) in [6.45, 7) is 5.66. The van der Waals surface area contributed by atoms with Gasteiger partial charge in [-0.15, -0.1) is 0 Å². The lowest BCUT2D eigenvalue weighted by Gasteiger charge is -2.24. The molecule has 126 valence electrons. The summed E-state index contributed by atoms with van der Waals surface area (Å²) in [5, 5.41) is 0.584. The number of likely N-dealkylation sites (tertiary alicyclic amines) is 2. The summed E-state index contributed by atoms with van der Waals surface area (Å²) in [7, 11) is 2.15. The molecule has 3 heterocycles. The minimum Gasteiger partial charge on any atom is -0.358 e. The highest BCUT2D eigenvalue weighted by Gasteiger charge is 2.44. The van der Waals surface area contributed by atoms with Crippen molar-refractivity contribution in [3.05, 3.63) is 45.7 Å². The molecule has 5 heteroatoms. The zero-order chi connectivity index (χ0) is 16.9. The Balaban J connectivity index is 1.69. The number of benzene rings is 1. The predicted octanol–water partition coefficient (Wildman–Crippen LogP) is 2.00. The number of para-hydroxylation sites is 1. The number of hydrogen-bond donors (Lipinski definition) is 1. The Morgan fingerprint density at radius 2 is 2.00 bits per heavy atom. The number of pyridine rings is 1. The van der Waals surface area contributed by atoms with E-state index in [1.807, 2.05) is 17.9 Å². The van der Waals surface area contributed by atoms with Crippen LogP contribution in [0.15, 0.2) is 29.1 Å². The van der Waals surface area contributed by atoms with Crippen molar-refractivity contribution in [1.82, 2.24) is 14.8 Å². The van der Waals surface area contributed by atoms with Gasteiger partial charge in [-0.3, -0.25) is 9.59 Å². The van der Waals surface area contributed by atoms with E-state index in [0.29, 0.717) is 16.5 Å². The molecule has 0 radical (unpaired) electrons. The quantitative estimate of drug-likeness (QED) is 0.872. The number of fused-ring (bicyclic) bond motifs is 1. The lowest BCUT2D eigenvalue weighted by molar-refractivity contribution is 0.0775. The Hall–Kier alpha value is -2.14. The number of amides is 1. The average molecular weight is 325 g/mol. The Morgan fingerprint density at radius 1 is 1.21 bits per heavy atom. The number of carbonyl (C=O) groups is 1. The van der Waals surface area contributed by atoms with Crippen LogP contribution in [0.2, 0.25) is 0 Å². The Labute approximate surface area is 141 Å². The van der Waals surface area contributed by atoms with Gasteiger partial charge in [0.15, 0.2) is 5.43 Å². The summed E-state index contributed by atoms with van der Waals surface area (Å²) in [6.07, 6.45) is 2.24.